The maximum atomic E-state index is 5.73. The zero-order valence-electron chi connectivity index (χ0n) is 14.6. The second-order valence-electron chi connectivity index (χ2n) is 6.15. The molecule has 1 fully saturated rings. The van der Waals surface area contributed by atoms with E-state index in [1.165, 1.54) is 31.0 Å². The number of aryl methyl sites for hydroxylation is 2. The molecule has 0 radical (unpaired) electrons. The molecule has 5 heteroatoms. The Kier molecular flexibility index (Phi) is 6.94. The Morgan fingerprint density at radius 3 is 2.58 bits per heavy atom. The van der Waals surface area contributed by atoms with Crippen molar-refractivity contribution in [2.75, 3.05) is 13.2 Å². The average Bonchev–Trinajstić information content (AvgIpc) is 2.51. The molecule has 0 amide bonds. The largest absolute Gasteiger partial charge is 0.489 e. The molecule has 0 bridgehead atoms. The summed E-state index contributed by atoms with van der Waals surface area (Å²) in [5.41, 5.74) is 5.92. The van der Waals surface area contributed by atoms with E-state index in [-0.39, 0.29) is 0 Å². The SMILES string of the molecule is C=CCOc1c(C)cc(C(=C)SC(=NCC2CCC2)NN)cc1C. The summed E-state index contributed by atoms with van der Waals surface area (Å²) in [4.78, 5) is 5.50. The van der Waals surface area contributed by atoms with Gasteiger partial charge in [0.25, 0.3) is 0 Å². The van der Waals surface area contributed by atoms with E-state index in [0.29, 0.717) is 17.7 Å². The zero-order chi connectivity index (χ0) is 17.5. The Morgan fingerprint density at radius 1 is 1.42 bits per heavy atom. The van der Waals surface area contributed by atoms with Crippen molar-refractivity contribution in [1.29, 1.82) is 0 Å². The van der Waals surface area contributed by atoms with E-state index >= 15 is 0 Å². The number of hydrazine groups is 1. The fourth-order valence-corrected chi connectivity index (χ4v) is 3.32. The lowest BCUT2D eigenvalue weighted by molar-refractivity contribution is 0.326. The number of nitrogens with zero attached hydrogens (tertiary/aromatic N) is 1. The normalized spacial score (nSPS) is 14.9. The number of aliphatic imine (C=N–C) groups is 1. The van der Waals surface area contributed by atoms with E-state index in [1.54, 1.807) is 6.08 Å². The first-order valence-electron chi connectivity index (χ1n) is 8.28. The molecule has 1 aliphatic rings. The van der Waals surface area contributed by atoms with Crippen LogP contribution in [0.2, 0.25) is 0 Å². The lowest BCUT2D eigenvalue weighted by atomic mass is 9.86. The van der Waals surface area contributed by atoms with Crippen molar-refractivity contribution in [2.45, 2.75) is 33.1 Å². The number of amidine groups is 1. The van der Waals surface area contributed by atoms with Gasteiger partial charge in [0.05, 0.1) is 0 Å². The van der Waals surface area contributed by atoms with Gasteiger partial charge in [-0.3, -0.25) is 4.99 Å². The van der Waals surface area contributed by atoms with Crippen molar-refractivity contribution in [3.63, 3.8) is 0 Å². The number of hydrogen-bond acceptors (Lipinski definition) is 4. The lowest BCUT2D eigenvalue weighted by Gasteiger charge is -2.23. The molecular formula is C19H27N3OS. The van der Waals surface area contributed by atoms with Crippen LogP contribution in [-0.2, 0) is 0 Å². The monoisotopic (exact) mass is 345 g/mol. The molecule has 24 heavy (non-hydrogen) atoms. The molecule has 0 aliphatic heterocycles. The number of hydrogen-bond donors (Lipinski definition) is 2. The summed E-state index contributed by atoms with van der Waals surface area (Å²) in [6.45, 7) is 13.3. The smallest absolute Gasteiger partial charge is 0.175 e. The molecule has 0 aromatic heterocycles. The van der Waals surface area contributed by atoms with E-state index in [9.17, 15) is 0 Å². The Morgan fingerprint density at radius 2 is 2.08 bits per heavy atom. The van der Waals surface area contributed by atoms with E-state index < -0.39 is 0 Å². The van der Waals surface area contributed by atoms with Crippen LogP contribution < -0.4 is 16.0 Å². The van der Waals surface area contributed by atoms with Gasteiger partial charge >= 0.3 is 0 Å². The molecule has 1 aromatic carbocycles. The van der Waals surface area contributed by atoms with E-state index in [1.807, 2.05) is 13.8 Å². The molecule has 0 spiro atoms. The third-order valence-electron chi connectivity index (χ3n) is 4.19. The fraction of sp³-hybridized carbons (Fsp3) is 0.421. The summed E-state index contributed by atoms with van der Waals surface area (Å²) >= 11 is 1.48. The summed E-state index contributed by atoms with van der Waals surface area (Å²) in [7, 11) is 0. The van der Waals surface area contributed by atoms with Gasteiger partial charge in [-0.2, -0.15) is 0 Å². The van der Waals surface area contributed by atoms with Crippen LogP contribution in [0.5, 0.6) is 5.75 Å². The van der Waals surface area contributed by atoms with Gasteiger partial charge in [-0.1, -0.05) is 37.4 Å². The van der Waals surface area contributed by atoms with Gasteiger partial charge in [0.15, 0.2) is 5.17 Å². The van der Waals surface area contributed by atoms with Gasteiger partial charge in [-0.25, -0.2) is 5.84 Å². The van der Waals surface area contributed by atoms with Crippen molar-refractivity contribution in [3.05, 3.63) is 48.1 Å². The number of nitrogens with one attached hydrogen (secondary N) is 1. The molecular weight excluding hydrogens is 318 g/mol. The minimum Gasteiger partial charge on any atom is -0.489 e. The third-order valence-corrected chi connectivity index (χ3v) is 5.11. The second kappa shape index (κ2) is 8.94. The highest BCUT2D eigenvalue weighted by Gasteiger charge is 2.17. The van der Waals surface area contributed by atoms with E-state index in [2.05, 4.69) is 35.7 Å². The van der Waals surface area contributed by atoms with E-state index in [0.717, 1.165) is 33.9 Å². The average molecular weight is 346 g/mol. The van der Waals surface area contributed by atoms with Crippen molar-refractivity contribution in [1.82, 2.24) is 5.43 Å². The highest BCUT2D eigenvalue weighted by Crippen LogP contribution is 2.33. The molecule has 1 aliphatic carbocycles. The van der Waals surface area contributed by atoms with Crippen molar-refractivity contribution in [2.24, 2.45) is 16.8 Å². The molecule has 3 N–H and O–H groups in total. The van der Waals surface area contributed by atoms with E-state index in [4.69, 9.17) is 10.6 Å². The maximum Gasteiger partial charge on any atom is 0.175 e. The van der Waals surface area contributed by atoms with Crippen molar-refractivity contribution < 1.29 is 4.74 Å². The summed E-state index contributed by atoms with van der Waals surface area (Å²) in [5.74, 6) is 7.24. The molecule has 1 aromatic rings. The number of nitrogens with two attached hydrogens (primary N) is 1. The number of ether oxygens (including phenoxy) is 1. The minimum absolute atomic E-state index is 0.506. The molecule has 130 valence electrons. The Hall–Kier alpha value is -1.72. The van der Waals surface area contributed by atoms with Gasteiger partial charge in [0.1, 0.15) is 12.4 Å². The molecule has 1 saturated carbocycles. The van der Waals surface area contributed by atoms with Gasteiger partial charge in [0.2, 0.25) is 0 Å². The summed E-state index contributed by atoms with van der Waals surface area (Å²) in [6.07, 6.45) is 5.62. The molecule has 0 saturated heterocycles. The van der Waals surface area contributed by atoms with Crippen molar-refractivity contribution >= 4 is 21.8 Å². The van der Waals surface area contributed by atoms with Crippen LogP contribution in [0.25, 0.3) is 4.91 Å². The minimum atomic E-state index is 0.506. The van der Waals surface area contributed by atoms with Crippen LogP contribution in [0.3, 0.4) is 0 Å². The van der Waals surface area contributed by atoms with Gasteiger partial charge in [0, 0.05) is 11.4 Å². The zero-order valence-corrected chi connectivity index (χ0v) is 15.4. The first-order chi connectivity index (χ1) is 11.5. The van der Waals surface area contributed by atoms with Crippen molar-refractivity contribution in [3.8, 4) is 5.75 Å². The van der Waals surface area contributed by atoms with Crippen LogP contribution in [0.15, 0.2) is 36.4 Å². The molecule has 2 rings (SSSR count). The summed E-state index contributed by atoms with van der Waals surface area (Å²) in [6, 6.07) is 4.17. The highest BCUT2D eigenvalue weighted by molar-refractivity contribution is 8.21. The molecule has 0 unspecified atom stereocenters. The summed E-state index contributed by atoms with van der Waals surface area (Å²) in [5, 5.41) is 0.717. The third kappa shape index (κ3) is 4.89. The van der Waals surface area contributed by atoms with Crippen LogP contribution in [0, 0.1) is 19.8 Å². The Bertz CT molecular complexity index is 612. The molecule has 0 atom stereocenters. The topological polar surface area (TPSA) is 59.6 Å². The Balaban J connectivity index is 2.06. The van der Waals surface area contributed by atoms with Crippen LogP contribution >= 0.6 is 11.8 Å². The first kappa shape index (κ1) is 18.6. The fourth-order valence-electron chi connectivity index (χ4n) is 2.65. The molecule has 0 heterocycles. The standard InChI is InChI=1S/C19H27N3OS/c1-5-9-23-18-13(2)10-17(11-14(18)3)15(4)24-19(22-20)21-12-16-7-6-8-16/h5,10-11,16H,1,4,6-9,12,20H2,2-3H3,(H,21,22). The number of thioether (sulfide) groups is 1. The number of benzene rings is 1. The van der Waals surface area contributed by atoms with Crippen LogP contribution in [0.4, 0.5) is 0 Å². The highest BCUT2D eigenvalue weighted by atomic mass is 32.2. The number of rotatable bonds is 7. The lowest BCUT2D eigenvalue weighted by Crippen LogP contribution is -2.29. The second-order valence-corrected chi connectivity index (χ2v) is 7.23. The van der Waals surface area contributed by atoms with Gasteiger partial charge < -0.3 is 10.2 Å². The first-order valence-corrected chi connectivity index (χ1v) is 9.10. The predicted octanol–water partition coefficient (Wildman–Crippen LogP) is 4.19. The summed E-state index contributed by atoms with van der Waals surface area (Å²) < 4.78 is 5.73. The maximum absolute atomic E-state index is 5.73. The van der Waals surface area contributed by atoms with Crippen LogP contribution in [0.1, 0.15) is 36.0 Å². The van der Waals surface area contributed by atoms with Gasteiger partial charge in [-0.15, -0.1) is 0 Å². The van der Waals surface area contributed by atoms with Gasteiger partial charge in [-0.05, 0) is 61.4 Å². The quantitative estimate of drug-likeness (QED) is 0.256. The molecule has 4 nitrogen and oxygen atoms in total. The van der Waals surface area contributed by atoms with Crippen LogP contribution in [-0.4, -0.2) is 18.3 Å². The predicted molar refractivity (Wildman–Crippen MR) is 105 cm³/mol. The Labute approximate surface area is 149 Å².